The number of carbonyl (C=O) groups excluding carboxylic acids is 2. The van der Waals surface area contributed by atoms with Crippen molar-refractivity contribution < 1.29 is 27.5 Å². The number of hydrogen-bond acceptors (Lipinski definition) is 3. The number of halogens is 4. The van der Waals surface area contributed by atoms with Crippen LogP contribution in [0.5, 0.6) is 0 Å². The van der Waals surface area contributed by atoms with E-state index in [9.17, 15) is 22.8 Å². The molecule has 2 aromatic carbocycles. The smallest absolute Gasteiger partial charge is 0.417 e. The summed E-state index contributed by atoms with van der Waals surface area (Å²) in [7, 11) is 1.13. The molecular weight excluding hydrogens is 371 g/mol. The molecule has 0 saturated carbocycles. The molecule has 2 aromatic rings. The van der Waals surface area contributed by atoms with Gasteiger partial charge in [-0.3, -0.25) is 4.79 Å². The number of alkyl halides is 3. The second-order valence-corrected chi connectivity index (χ2v) is 5.86. The van der Waals surface area contributed by atoms with E-state index in [-0.39, 0.29) is 6.42 Å². The molecule has 0 radical (unpaired) electrons. The van der Waals surface area contributed by atoms with E-state index in [1.807, 2.05) is 0 Å². The van der Waals surface area contributed by atoms with Crippen LogP contribution in [0.25, 0.3) is 0 Å². The lowest BCUT2D eigenvalue weighted by molar-refractivity contribution is -0.142. The first-order valence-corrected chi connectivity index (χ1v) is 7.89. The fraction of sp³-hybridized carbons (Fsp3) is 0.222. The zero-order chi connectivity index (χ0) is 19.3. The zero-order valence-electron chi connectivity index (χ0n) is 13.6. The van der Waals surface area contributed by atoms with Crippen LogP contribution < -0.4 is 5.32 Å². The Hall–Kier alpha value is -2.54. The molecule has 0 heterocycles. The van der Waals surface area contributed by atoms with E-state index in [1.54, 1.807) is 24.3 Å². The molecule has 4 nitrogen and oxygen atoms in total. The number of esters is 1. The van der Waals surface area contributed by atoms with Crippen LogP contribution in [0.3, 0.4) is 0 Å². The summed E-state index contributed by atoms with van der Waals surface area (Å²) < 4.78 is 43.9. The molecule has 1 N–H and O–H groups in total. The van der Waals surface area contributed by atoms with Crippen molar-refractivity contribution in [1.82, 2.24) is 5.32 Å². The largest absolute Gasteiger partial charge is 0.467 e. The van der Waals surface area contributed by atoms with Gasteiger partial charge in [0.2, 0.25) is 0 Å². The topological polar surface area (TPSA) is 55.4 Å². The van der Waals surface area contributed by atoms with Gasteiger partial charge < -0.3 is 10.1 Å². The molecule has 0 aliphatic carbocycles. The van der Waals surface area contributed by atoms with Gasteiger partial charge in [0.15, 0.2) is 0 Å². The highest BCUT2D eigenvalue weighted by atomic mass is 35.5. The maximum atomic E-state index is 13.1. The van der Waals surface area contributed by atoms with Gasteiger partial charge in [-0.2, -0.15) is 13.2 Å². The van der Waals surface area contributed by atoms with Crippen molar-refractivity contribution in [2.45, 2.75) is 18.6 Å². The highest BCUT2D eigenvalue weighted by Gasteiger charge is 2.35. The van der Waals surface area contributed by atoms with E-state index in [0.29, 0.717) is 10.6 Å². The summed E-state index contributed by atoms with van der Waals surface area (Å²) in [6.45, 7) is 0. The first-order chi connectivity index (χ1) is 12.2. The Balaban J connectivity index is 2.25. The summed E-state index contributed by atoms with van der Waals surface area (Å²) in [6.07, 6.45) is -4.64. The van der Waals surface area contributed by atoms with Gasteiger partial charge in [0.05, 0.1) is 18.2 Å². The van der Waals surface area contributed by atoms with E-state index in [4.69, 9.17) is 11.6 Å². The summed E-state index contributed by atoms with van der Waals surface area (Å²) in [5.74, 6) is -1.78. The van der Waals surface area contributed by atoms with Crippen molar-refractivity contribution >= 4 is 23.5 Å². The molecule has 0 unspecified atom stereocenters. The van der Waals surface area contributed by atoms with Crippen LogP contribution in [0.1, 0.15) is 21.5 Å². The van der Waals surface area contributed by atoms with Gasteiger partial charge in [0, 0.05) is 11.4 Å². The van der Waals surface area contributed by atoms with Crippen molar-refractivity contribution in [3.63, 3.8) is 0 Å². The zero-order valence-corrected chi connectivity index (χ0v) is 14.4. The van der Waals surface area contributed by atoms with Crippen LogP contribution in [0.15, 0.2) is 48.5 Å². The minimum atomic E-state index is -4.69. The predicted octanol–water partition coefficient (Wildman–Crippen LogP) is 3.87. The first kappa shape index (κ1) is 19.8. The van der Waals surface area contributed by atoms with Crippen LogP contribution in [-0.2, 0) is 22.1 Å². The van der Waals surface area contributed by atoms with E-state index in [1.165, 1.54) is 12.1 Å². The normalized spacial score (nSPS) is 12.3. The lowest BCUT2D eigenvalue weighted by Crippen LogP contribution is -2.43. The Labute approximate surface area is 152 Å². The lowest BCUT2D eigenvalue weighted by Gasteiger charge is -2.18. The molecule has 0 aromatic heterocycles. The molecule has 1 amide bonds. The SMILES string of the molecule is COC(=O)[C@@H](Cc1ccc(Cl)cc1)NC(=O)c1ccccc1C(F)(F)F. The number of ether oxygens (including phenoxy) is 1. The number of carbonyl (C=O) groups is 2. The molecular formula is C18H15ClF3NO3. The van der Waals surface area contributed by atoms with Crippen LogP contribution >= 0.6 is 11.6 Å². The van der Waals surface area contributed by atoms with E-state index >= 15 is 0 Å². The molecule has 0 saturated heterocycles. The van der Waals surface area contributed by atoms with Crippen LogP contribution in [-0.4, -0.2) is 25.0 Å². The molecule has 8 heteroatoms. The number of methoxy groups -OCH3 is 1. The first-order valence-electron chi connectivity index (χ1n) is 7.51. The summed E-state index contributed by atoms with van der Waals surface area (Å²) in [5, 5.41) is 2.81. The minimum Gasteiger partial charge on any atom is -0.467 e. The second kappa shape index (κ2) is 8.23. The van der Waals surface area contributed by atoms with Crippen LogP contribution in [0.2, 0.25) is 5.02 Å². The highest BCUT2D eigenvalue weighted by molar-refractivity contribution is 6.30. The number of rotatable bonds is 5. The Bertz CT molecular complexity index is 791. The average molecular weight is 386 g/mol. The fourth-order valence-electron chi connectivity index (χ4n) is 2.36. The molecule has 2 rings (SSSR count). The van der Waals surface area contributed by atoms with Crippen molar-refractivity contribution in [3.05, 3.63) is 70.2 Å². The molecule has 138 valence electrons. The third kappa shape index (κ3) is 4.98. The standard InChI is InChI=1S/C18H15ClF3NO3/c1-26-17(25)15(10-11-6-8-12(19)9-7-11)23-16(24)13-4-2-3-5-14(13)18(20,21)22/h2-9,15H,10H2,1H3,(H,23,24)/t15-/m1/s1. The predicted molar refractivity (Wildman–Crippen MR) is 89.9 cm³/mol. The van der Waals surface area contributed by atoms with Gasteiger partial charge in [0.25, 0.3) is 5.91 Å². The average Bonchev–Trinajstić information content (AvgIpc) is 2.61. The van der Waals surface area contributed by atoms with E-state index < -0.39 is 35.2 Å². The fourth-order valence-corrected chi connectivity index (χ4v) is 2.48. The summed E-state index contributed by atoms with van der Waals surface area (Å²) in [5.41, 5.74) is -0.980. The minimum absolute atomic E-state index is 0.0454. The molecule has 1 atom stereocenters. The summed E-state index contributed by atoms with van der Waals surface area (Å²) >= 11 is 5.79. The lowest BCUT2D eigenvalue weighted by atomic mass is 10.0. The quantitative estimate of drug-likeness (QED) is 0.795. The van der Waals surface area contributed by atoms with E-state index in [2.05, 4.69) is 10.1 Å². The van der Waals surface area contributed by atoms with Gasteiger partial charge in [-0.1, -0.05) is 35.9 Å². The second-order valence-electron chi connectivity index (χ2n) is 5.42. The van der Waals surface area contributed by atoms with E-state index in [0.717, 1.165) is 19.2 Å². The van der Waals surface area contributed by atoms with Crippen LogP contribution in [0.4, 0.5) is 13.2 Å². The molecule has 0 spiro atoms. The molecule has 0 bridgehead atoms. The summed E-state index contributed by atoms with van der Waals surface area (Å²) in [6, 6.07) is 9.72. The van der Waals surface area contributed by atoms with Gasteiger partial charge in [-0.05, 0) is 29.8 Å². The van der Waals surface area contributed by atoms with Gasteiger partial charge in [-0.25, -0.2) is 4.79 Å². The Morgan fingerprint density at radius 3 is 2.31 bits per heavy atom. The third-order valence-electron chi connectivity index (χ3n) is 3.62. The van der Waals surface area contributed by atoms with Gasteiger partial charge in [-0.15, -0.1) is 0 Å². The van der Waals surface area contributed by atoms with Gasteiger partial charge >= 0.3 is 12.1 Å². The molecule has 0 aliphatic rings. The van der Waals surface area contributed by atoms with Crippen LogP contribution in [0, 0.1) is 0 Å². The van der Waals surface area contributed by atoms with Crippen molar-refractivity contribution in [2.24, 2.45) is 0 Å². The van der Waals surface area contributed by atoms with Crippen molar-refractivity contribution in [1.29, 1.82) is 0 Å². The van der Waals surface area contributed by atoms with Crippen molar-refractivity contribution in [2.75, 3.05) is 7.11 Å². The number of hydrogen-bond donors (Lipinski definition) is 1. The maximum Gasteiger partial charge on any atom is 0.417 e. The third-order valence-corrected chi connectivity index (χ3v) is 3.87. The maximum absolute atomic E-state index is 13.1. The number of benzene rings is 2. The Kier molecular flexibility index (Phi) is 6.26. The molecule has 26 heavy (non-hydrogen) atoms. The highest BCUT2D eigenvalue weighted by Crippen LogP contribution is 2.31. The Morgan fingerprint density at radius 2 is 1.73 bits per heavy atom. The molecule has 0 fully saturated rings. The molecule has 0 aliphatic heterocycles. The summed E-state index contributed by atoms with van der Waals surface area (Å²) in [4.78, 5) is 24.3. The van der Waals surface area contributed by atoms with Gasteiger partial charge in [0.1, 0.15) is 6.04 Å². The monoisotopic (exact) mass is 385 g/mol. The van der Waals surface area contributed by atoms with Crippen molar-refractivity contribution in [3.8, 4) is 0 Å². The Morgan fingerprint density at radius 1 is 1.12 bits per heavy atom. The number of amides is 1. The number of nitrogens with one attached hydrogen (secondary N) is 1.